The highest BCUT2D eigenvalue weighted by molar-refractivity contribution is 6.97. The van der Waals surface area contributed by atoms with Crippen LogP contribution >= 0.6 is 0 Å². The summed E-state index contributed by atoms with van der Waals surface area (Å²) in [7, 11) is -9.92. The van der Waals surface area contributed by atoms with Crippen LogP contribution in [-0.2, 0) is 38.9 Å². The van der Waals surface area contributed by atoms with Crippen LogP contribution in [0.2, 0.25) is 96.3 Å². The fourth-order valence-electron chi connectivity index (χ4n) is 8.54. The normalized spacial score (nSPS) is 13.2. The quantitative estimate of drug-likeness (QED) is 0.0405. The number of aryl methyl sites for hydroxylation is 2. The van der Waals surface area contributed by atoms with E-state index in [1.54, 1.807) is 26.4 Å². The molecule has 0 saturated heterocycles. The average Bonchev–Trinajstić information content (AvgIpc) is 3.16. The third-order valence-electron chi connectivity index (χ3n) is 10.2. The zero-order valence-electron chi connectivity index (χ0n) is 42.3. The Morgan fingerprint density at radius 1 is 0.446 bits per heavy atom. The molecule has 1 atom stereocenters. The van der Waals surface area contributed by atoms with Crippen LogP contribution in [0, 0.1) is 0 Å². The number of rotatable bonds is 23. The molecule has 0 aliphatic carbocycles. The molecule has 0 aliphatic heterocycles. The van der Waals surface area contributed by atoms with Crippen molar-refractivity contribution in [1.82, 2.24) is 0 Å². The average molecular weight is 996 g/mol. The first-order chi connectivity index (χ1) is 30.1. The summed E-state index contributed by atoms with van der Waals surface area (Å²) in [4.78, 5) is 22.4. The summed E-state index contributed by atoms with van der Waals surface area (Å²) in [6.45, 7) is 30.4. The molecule has 0 radical (unpaired) electrons. The van der Waals surface area contributed by atoms with Crippen molar-refractivity contribution in [2.24, 2.45) is 0 Å². The Morgan fingerprint density at radius 3 is 1.28 bits per heavy atom. The van der Waals surface area contributed by atoms with Gasteiger partial charge in [-0.05, 0) is 174 Å². The molecule has 0 spiro atoms. The molecule has 0 aromatic heterocycles. The molecule has 10 nitrogen and oxygen atoms in total. The lowest BCUT2D eigenvalue weighted by Gasteiger charge is -2.45. The van der Waals surface area contributed by atoms with Gasteiger partial charge in [-0.1, -0.05) is 60.7 Å². The van der Waals surface area contributed by atoms with Crippen LogP contribution in [-0.4, -0.2) is 76.5 Å². The molecule has 4 rings (SSSR count). The van der Waals surface area contributed by atoms with Gasteiger partial charge < -0.3 is 35.4 Å². The predicted molar refractivity (Wildman–Crippen MR) is 281 cm³/mol. The zero-order chi connectivity index (χ0) is 48.7. The van der Waals surface area contributed by atoms with Gasteiger partial charge in [0.05, 0.1) is 14.2 Å². The van der Waals surface area contributed by atoms with Gasteiger partial charge in [0.1, 0.15) is 23.0 Å². The van der Waals surface area contributed by atoms with E-state index in [0.29, 0.717) is 11.5 Å². The van der Waals surface area contributed by atoms with Crippen LogP contribution in [0.3, 0.4) is 0 Å². The number of para-hydroxylation sites is 2. The minimum absolute atomic E-state index is 0.297. The zero-order valence-corrected chi connectivity index (χ0v) is 48.3. The van der Waals surface area contributed by atoms with Gasteiger partial charge in [-0.15, -0.1) is 0 Å². The van der Waals surface area contributed by atoms with Gasteiger partial charge in [-0.25, -0.2) is 0 Å². The van der Waals surface area contributed by atoms with E-state index < -0.39 is 50.4 Å². The molecular formula is C49H78O10Si6. The second-order valence-corrected chi connectivity index (χ2v) is 45.9. The molecule has 0 fully saturated rings. The van der Waals surface area contributed by atoms with Crippen molar-refractivity contribution in [3.8, 4) is 34.1 Å². The van der Waals surface area contributed by atoms with Crippen molar-refractivity contribution < 1.29 is 45.0 Å². The molecule has 0 bridgehead atoms. The van der Waals surface area contributed by atoms with Crippen LogP contribution in [0.25, 0.3) is 11.1 Å². The number of carbonyl (C=O) groups is 2. The monoisotopic (exact) mass is 994 g/mol. The lowest BCUT2D eigenvalue weighted by Crippen LogP contribution is -2.61. The number of esters is 2. The van der Waals surface area contributed by atoms with Gasteiger partial charge in [-0.3, -0.25) is 9.59 Å². The summed E-state index contributed by atoms with van der Waals surface area (Å²) in [6, 6.07) is 33.2. The Morgan fingerprint density at radius 2 is 0.846 bits per heavy atom. The van der Waals surface area contributed by atoms with Gasteiger partial charge in [0.25, 0.3) is 0 Å². The summed E-state index contributed by atoms with van der Waals surface area (Å²) >= 11 is 0. The molecule has 4 aromatic rings. The highest BCUT2D eigenvalue weighted by atomic mass is 28.5. The number of benzene rings is 4. The molecule has 0 saturated carbocycles. The van der Waals surface area contributed by atoms with Crippen LogP contribution in [0.15, 0.2) is 97.1 Å². The molecular weight excluding hydrogens is 917 g/mol. The van der Waals surface area contributed by atoms with Crippen molar-refractivity contribution in [1.29, 1.82) is 0 Å². The van der Waals surface area contributed by atoms with Crippen LogP contribution < -0.4 is 18.9 Å². The summed E-state index contributed by atoms with van der Waals surface area (Å²) in [5, 5.41) is 0. The third kappa shape index (κ3) is 21.4. The van der Waals surface area contributed by atoms with E-state index in [4.69, 9.17) is 35.4 Å². The number of hydrogen-bond acceptors (Lipinski definition) is 10. The minimum atomic E-state index is -3.05. The maximum atomic E-state index is 11.6. The topological polar surface area (TPSA) is 108 Å². The second-order valence-electron chi connectivity index (χ2n) is 20.2. The van der Waals surface area contributed by atoms with Gasteiger partial charge in [-0.2, -0.15) is 0 Å². The Labute approximate surface area is 397 Å². The summed E-state index contributed by atoms with van der Waals surface area (Å²) in [6.07, 6.45) is 3.73. The Kier molecular flexibility index (Phi) is 21.1. The molecule has 358 valence electrons. The highest BCUT2D eigenvalue weighted by Crippen LogP contribution is 2.34. The molecule has 0 N–H and O–H groups in total. The van der Waals surface area contributed by atoms with E-state index in [1.165, 1.54) is 19.4 Å². The maximum absolute atomic E-state index is 11.6. The van der Waals surface area contributed by atoms with Gasteiger partial charge in [0, 0.05) is 20.4 Å². The van der Waals surface area contributed by atoms with E-state index in [1.807, 2.05) is 72.8 Å². The van der Waals surface area contributed by atoms with Crippen molar-refractivity contribution in [2.75, 3.05) is 14.2 Å². The van der Waals surface area contributed by atoms with E-state index in [-0.39, 0.29) is 11.9 Å². The predicted octanol–water partition coefficient (Wildman–Crippen LogP) is 13.3. The first-order valence-corrected chi connectivity index (χ1v) is 40.8. The highest BCUT2D eigenvalue weighted by Gasteiger charge is 2.50. The van der Waals surface area contributed by atoms with Crippen molar-refractivity contribution in [3.63, 3.8) is 0 Å². The minimum Gasteiger partial charge on any atom is -0.497 e. The van der Waals surface area contributed by atoms with Crippen LogP contribution in [0.5, 0.6) is 23.0 Å². The largest absolute Gasteiger partial charge is 0.497 e. The van der Waals surface area contributed by atoms with E-state index in [2.05, 4.69) is 90.7 Å². The van der Waals surface area contributed by atoms with E-state index >= 15 is 0 Å². The maximum Gasteiger partial charge on any atom is 0.466 e. The fraction of sp³-hybridized carbons (Fsp3) is 0.469. The summed E-state index contributed by atoms with van der Waals surface area (Å²) in [5.41, 5.74) is 5.44. The second kappa shape index (κ2) is 24.5. The molecule has 0 amide bonds. The van der Waals surface area contributed by atoms with Crippen LogP contribution in [0.4, 0.5) is 0 Å². The SMILES string of the molecule is COc1ccc(-c2ccc(OC(C)=O)cc2)cc1.COc1ccccc1CCC[Si](C)(C)O[Si](C)(O[Si](C)(C)CCCc1ccccc1OC(C)=O)O[Si](C)(C)C[Si](C)(C)O[Si](C)(C)C. The Balaban J connectivity index is 0.000000514. The van der Waals surface area contributed by atoms with Gasteiger partial charge in [0.15, 0.2) is 41.6 Å². The lowest BCUT2D eigenvalue weighted by molar-refractivity contribution is -0.132. The number of methoxy groups -OCH3 is 2. The standard InChI is InChI=1S/C34H64O7Si6.C15H14O3/c1-30(35)37-34-26-18-16-22-32(34)24-20-28-44(8,9)40-47(14,41-46(12,13)29-45(10,11)38-42(3,4)5)39-43(6,7)27-19-23-31-21-15-17-25-33(31)36-2;1-11(16)18-15-9-5-13(6-10-15)12-3-7-14(17-2)8-4-12/h15-18,21-22,25-26H,19-20,23-24,27-29H2,1-14H3;3-10H,1-2H3. The fourth-order valence-corrected chi connectivity index (χ4v) is 41.8. The van der Waals surface area contributed by atoms with Crippen molar-refractivity contribution in [2.45, 2.75) is 136 Å². The third-order valence-corrected chi connectivity index (χ3v) is 35.9. The smallest absolute Gasteiger partial charge is 0.466 e. The number of carbonyl (C=O) groups excluding carboxylic acids is 2. The molecule has 1 unspecified atom stereocenters. The van der Waals surface area contributed by atoms with Crippen molar-refractivity contribution in [3.05, 3.63) is 108 Å². The molecule has 0 aliphatic rings. The lowest BCUT2D eigenvalue weighted by atomic mass is 10.1. The Bertz CT molecular complexity index is 2100. The molecule has 4 aromatic carbocycles. The number of ether oxygens (including phenoxy) is 4. The van der Waals surface area contributed by atoms with Crippen molar-refractivity contribution >= 4 is 62.3 Å². The first kappa shape index (κ1) is 55.9. The first-order valence-electron chi connectivity index (χ1n) is 22.8. The number of hydrogen-bond donors (Lipinski definition) is 0. The summed E-state index contributed by atoms with van der Waals surface area (Å²) < 4.78 is 49.7. The van der Waals surface area contributed by atoms with Gasteiger partial charge >= 0.3 is 20.7 Å². The van der Waals surface area contributed by atoms with E-state index in [9.17, 15) is 9.59 Å². The molecule has 65 heavy (non-hydrogen) atoms. The molecule has 0 heterocycles. The van der Waals surface area contributed by atoms with Crippen LogP contribution in [0.1, 0.15) is 37.8 Å². The summed E-state index contributed by atoms with van der Waals surface area (Å²) in [5.74, 6) is 2.37. The Hall–Kier alpha value is -3.44. The van der Waals surface area contributed by atoms with Gasteiger partial charge in [0.2, 0.25) is 0 Å². The van der Waals surface area contributed by atoms with E-state index in [0.717, 1.165) is 71.6 Å². The molecule has 16 heteroatoms.